The van der Waals surface area contributed by atoms with Gasteiger partial charge in [0.25, 0.3) is 0 Å². The third-order valence-electron chi connectivity index (χ3n) is 1.07. The first kappa shape index (κ1) is 10.5. The number of hydrogen-bond acceptors (Lipinski definition) is 2. The van der Waals surface area contributed by atoms with E-state index in [1.807, 2.05) is 13.8 Å². The quantitative estimate of drug-likeness (QED) is 0.428. The molecule has 0 bridgehead atoms. The average molecular weight is 156 g/mol. The third kappa shape index (κ3) is 9.48. The molecule has 0 amide bonds. The molecule has 0 aromatic rings. The summed E-state index contributed by atoms with van der Waals surface area (Å²) in [7, 11) is 0. The van der Waals surface area contributed by atoms with Gasteiger partial charge in [0.2, 0.25) is 0 Å². The van der Waals surface area contributed by atoms with Crippen LogP contribution >= 0.6 is 0 Å². The maximum atomic E-state index is 5.25. The van der Waals surface area contributed by atoms with E-state index in [9.17, 15) is 0 Å². The van der Waals surface area contributed by atoms with Gasteiger partial charge in [-0.15, -0.1) is 12.3 Å². The van der Waals surface area contributed by atoms with Crippen molar-refractivity contribution < 1.29 is 9.47 Å². The molecule has 0 aromatic heterocycles. The molecule has 0 N–H and O–H groups in total. The minimum Gasteiger partial charge on any atom is -0.378 e. The van der Waals surface area contributed by atoms with Gasteiger partial charge in [-0.25, -0.2) is 0 Å². The topological polar surface area (TPSA) is 18.5 Å². The Bertz CT molecular complexity index is 113. The fourth-order valence-electron chi connectivity index (χ4n) is 0.576. The van der Waals surface area contributed by atoms with E-state index in [4.69, 9.17) is 15.9 Å². The highest BCUT2D eigenvalue weighted by atomic mass is 16.5. The number of terminal acetylenes is 1. The molecule has 0 atom stereocenters. The van der Waals surface area contributed by atoms with Crippen LogP contribution in [0, 0.1) is 12.3 Å². The van der Waals surface area contributed by atoms with Gasteiger partial charge in [0, 0.05) is 6.42 Å². The van der Waals surface area contributed by atoms with Gasteiger partial charge in [-0.2, -0.15) is 0 Å². The van der Waals surface area contributed by atoms with Crippen molar-refractivity contribution in [1.29, 1.82) is 0 Å². The van der Waals surface area contributed by atoms with Crippen molar-refractivity contribution in [2.24, 2.45) is 0 Å². The Balaban J connectivity index is 2.86. The monoisotopic (exact) mass is 156 g/mol. The molecule has 2 heteroatoms. The summed E-state index contributed by atoms with van der Waals surface area (Å²) >= 11 is 0. The van der Waals surface area contributed by atoms with Crippen molar-refractivity contribution >= 4 is 0 Å². The molecule has 0 saturated carbocycles. The minimum atomic E-state index is 0.284. The Labute approximate surface area is 68.9 Å². The molecular weight excluding hydrogens is 140 g/mol. The van der Waals surface area contributed by atoms with E-state index in [1.165, 1.54) is 0 Å². The lowest BCUT2D eigenvalue weighted by atomic mass is 10.5. The summed E-state index contributed by atoms with van der Waals surface area (Å²) in [5.74, 6) is 2.50. The van der Waals surface area contributed by atoms with Crippen LogP contribution < -0.4 is 0 Å². The second-order valence-electron chi connectivity index (χ2n) is 2.49. The average Bonchev–Trinajstić information content (AvgIpc) is 1.96. The molecule has 2 nitrogen and oxygen atoms in total. The fourth-order valence-corrected chi connectivity index (χ4v) is 0.576. The van der Waals surface area contributed by atoms with Gasteiger partial charge < -0.3 is 9.47 Å². The van der Waals surface area contributed by atoms with Crippen molar-refractivity contribution in [2.45, 2.75) is 26.4 Å². The maximum Gasteiger partial charge on any atom is 0.0703 e. The van der Waals surface area contributed by atoms with Crippen molar-refractivity contribution in [3.05, 3.63) is 0 Å². The van der Waals surface area contributed by atoms with Gasteiger partial charge in [-0.1, -0.05) is 0 Å². The summed E-state index contributed by atoms with van der Waals surface area (Å²) in [6, 6.07) is 0. The smallest absolute Gasteiger partial charge is 0.0703 e. The summed E-state index contributed by atoms with van der Waals surface area (Å²) in [6.45, 7) is 5.93. The summed E-state index contributed by atoms with van der Waals surface area (Å²) in [5, 5.41) is 0. The van der Waals surface area contributed by atoms with Crippen LogP contribution in [-0.2, 0) is 9.47 Å². The summed E-state index contributed by atoms with van der Waals surface area (Å²) < 4.78 is 10.4. The zero-order chi connectivity index (χ0) is 8.53. The number of hydrogen-bond donors (Lipinski definition) is 0. The number of rotatable bonds is 6. The van der Waals surface area contributed by atoms with E-state index in [1.54, 1.807) is 0 Å². The first-order valence-electron chi connectivity index (χ1n) is 3.90. The van der Waals surface area contributed by atoms with Gasteiger partial charge in [-0.3, -0.25) is 0 Å². The zero-order valence-electron chi connectivity index (χ0n) is 7.30. The fraction of sp³-hybridized carbons (Fsp3) is 0.778. The van der Waals surface area contributed by atoms with Gasteiger partial charge >= 0.3 is 0 Å². The van der Waals surface area contributed by atoms with Gasteiger partial charge in [0.05, 0.1) is 25.9 Å². The Hall–Kier alpha value is -0.520. The molecule has 0 fully saturated rings. The molecule has 0 aliphatic rings. The lowest BCUT2D eigenvalue weighted by molar-refractivity contribution is 0.0211. The molecule has 64 valence electrons. The Kier molecular flexibility index (Phi) is 7.23. The Morgan fingerprint density at radius 2 is 2.00 bits per heavy atom. The van der Waals surface area contributed by atoms with Crippen molar-refractivity contribution in [3.63, 3.8) is 0 Å². The standard InChI is InChI=1S/C9H16O2/c1-4-5-6-10-7-8-11-9(2)3/h1,9H,5-8H2,2-3H3. The molecular formula is C9H16O2. The molecule has 0 aliphatic carbocycles. The van der Waals surface area contributed by atoms with Gasteiger partial charge in [0.1, 0.15) is 0 Å². The highest BCUT2D eigenvalue weighted by molar-refractivity contribution is 4.82. The van der Waals surface area contributed by atoms with E-state index in [0.717, 1.165) is 0 Å². The first-order chi connectivity index (χ1) is 5.27. The Morgan fingerprint density at radius 3 is 2.55 bits per heavy atom. The molecule has 11 heavy (non-hydrogen) atoms. The SMILES string of the molecule is C#CCCOCCOC(C)C. The van der Waals surface area contributed by atoms with Crippen LogP contribution in [0.25, 0.3) is 0 Å². The lowest BCUT2D eigenvalue weighted by Gasteiger charge is -2.06. The minimum absolute atomic E-state index is 0.284. The van der Waals surface area contributed by atoms with Gasteiger partial charge in [-0.05, 0) is 13.8 Å². The summed E-state index contributed by atoms with van der Waals surface area (Å²) in [4.78, 5) is 0. The largest absolute Gasteiger partial charge is 0.378 e. The molecule has 0 rings (SSSR count). The van der Waals surface area contributed by atoms with Crippen LogP contribution in [0.1, 0.15) is 20.3 Å². The van der Waals surface area contributed by atoms with E-state index in [-0.39, 0.29) is 6.10 Å². The van der Waals surface area contributed by atoms with Crippen LogP contribution in [-0.4, -0.2) is 25.9 Å². The molecule has 0 radical (unpaired) electrons. The van der Waals surface area contributed by atoms with Crippen molar-refractivity contribution in [3.8, 4) is 12.3 Å². The molecule has 0 unspecified atom stereocenters. The molecule has 0 saturated heterocycles. The van der Waals surface area contributed by atoms with E-state index in [0.29, 0.717) is 26.2 Å². The number of ether oxygens (including phenoxy) is 2. The van der Waals surface area contributed by atoms with Crippen molar-refractivity contribution in [1.82, 2.24) is 0 Å². The van der Waals surface area contributed by atoms with E-state index < -0.39 is 0 Å². The summed E-state index contributed by atoms with van der Waals surface area (Å²) in [6.07, 6.45) is 6.00. The predicted octanol–water partition coefficient (Wildman–Crippen LogP) is 1.45. The highest BCUT2D eigenvalue weighted by Crippen LogP contribution is 1.87. The predicted molar refractivity (Wildman–Crippen MR) is 45.4 cm³/mol. The second-order valence-corrected chi connectivity index (χ2v) is 2.49. The highest BCUT2D eigenvalue weighted by Gasteiger charge is 1.91. The normalized spacial score (nSPS) is 10.0. The van der Waals surface area contributed by atoms with Crippen molar-refractivity contribution in [2.75, 3.05) is 19.8 Å². The molecule has 0 heterocycles. The maximum absolute atomic E-state index is 5.25. The van der Waals surface area contributed by atoms with Crippen LogP contribution in [0.3, 0.4) is 0 Å². The van der Waals surface area contributed by atoms with Crippen LogP contribution in [0.15, 0.2) is 0 Å². The lowest BCUT2D eigenvalue weighted by Crippen LogP contribution is -2.09. The second kappa shape index (κ2) is 7.59. The molecule has 0 aliphatic heterocycles. The Morgan fingerprint density at radius 1 is 1.27 bits per heavy atom. The van der Waals surface area contributed by atoms with Crippen LogP contribution in [0.2, 0.25) is 0 Å². The molecule has 0 spiro atoms. The van der Waals surface area contributed by atoms with E-state index >= 15 is 0 Å². The summed E-state index contributed by atoms with van der Waals surface area (Å²) in [5.41, 5.74) is 0. The molecule has 0 aromatic carbocycles. The zero-order valence-corrected chi connectivity index (χ0v) is 7.30. The van der Waals surface area contributed by atoms with Crippen LogP contribution in [0.4, 0.5) is 0 Å². The van der Waals surface area contributed by atoms with Crippen LogP contribution in [0.5, 0.6) is 0 Å². The first-order valence-corrected chi connectivity index (χ1v) is 3.90. The third-order valence-corrected chi connectivity index (χ3v) is 1.07. The van der Waals surface area contributed by atoms with Gasteiger partial charge in [0.15, 0.2) is 0 Å². The van der Waals surface area contributed by atoms with E-state index in [2.05, 4.69) is 5.92 Å².